The lowest BCUT2D eigenvalue weighted by Gasteiger charge is -2.42. The van der Waals surface area contributed by atoms with Crippen molar-refractivity contribution in [2.45, 2.75) is 57.7 Å². The number of hydrogen-bond donors (Lipinski definition) is 1. The largest absolute Gasteiger partial charge is 0.383 e. The standard InChI is InChI=1S/C13H28N2O/c1-11(2)15(9-10-16-4)13-8-6-5-7-12(13)14-3/h11-14H,5-10H2,1-4H3. The second-order valence-electron chi connectivity index (χ2n) is 5.07. The van der Waals surface area contributed by atoms with Gasteiger partial charge in [-0.1, -0.05) is 12.8 Å². The number of methoxy groups -OCH3 is 1. The van der Waals surface area contributed by atoms with Gasteiger partial charge in [-0.2, -0.15) is 0 Å². The van der Waals surface area contributed by atoms with Crippen molar-refractivity contribution in [1.29, 1.82) is 0 Å². The quantitative estimate of drug-likeness (QED) is 0.751. The van der Waals surface area contributed by atoms with Crippen molar-refractivity contribution in [2.24, 2.45) is 0 Å². The number of nitrogens with one attached hydrogen (secondary N) is 1. The summed E-state index contributed by atoms with van der Waals surface area (Å²) >= 11 is 0. The van der Waals surface area contributed by atoms with E-state index in [4.69, 9.17) is 4.74 Å². The van der Waals surface area contributed by atoms with Crippen LogP contribution in [0.15, 0.2) is 0 Å². The fraction of sp³-hybridized carbons (Fsp3) is 1.00. The molecule has 0 aliphatic heterocycles. The van der Waals surface area contributed by atoms with E-state index in [1.165, 1.54) is 25.7 Å². The summed E-state index contributed by atoms with van der Waals surface area (Å²) in [7, 11) is 3.88. The maximum Gasteiger partial charge on any atom is 0.0589 e. The highest BCUT2D eigenvalue weighted by molar-refractivity contribution is 4.88. The second-order valence-corrected chi connectivity index (χ2v) is 5.07. The Labute approximate surface area is 101 Å². The molecule has 0 spiro atoms. The minimum atomic E-state index is 0.606. The van der Waals surface area contributed by atoms with Gasteiger partial charge in [-0.05, 0) is 33.7 Å². The van der Waals surface area contributed by atoms with Crippen LogP contribution in [0, 0.1) is 0 Å². The molecule has 1 fully saturated rings. The van der Waals surface area contributed by atoms with Gasteiger partial charge < -0.3 is 10.1 Å². The molecule has 1 aliphatic carbocycles. The average Bonchev–Trinajstić information content (AvgIpc) is 2.29. The first kappa shape index (κ1) is 13.9. The highest BCUT2D eigenvalue weighted by atomic mass is 16.5. The van der Waals surface area contributed by atoms with Crippen LogP contribution in [-0.4, -0.2) is 50.3 Å². The summed E-state index contributed by atoms with van der Waals surface area (Å²) in [4.78, 5) is 2.60. The lowest BCUT2D eigenvalue weighted by molar-refractivity contribution is 0.0623. The van der Waals surface area contributed by atoms with Gasteiger partial charge in [0.2, 0.25) is 0 Å². The third-order valence-corrected chi connectivity index (χ3v) is 3.74. The fourth-order valence-corrected chi connectivity index (χ4v) is 2.85. The first-order chi connectivity index (χ1) is 7.70. The lowest BCUT2D eigenvalue weighted by atomic mass is 9.88. The van der Waals surface area contributed by atoms with Crippen molar-refractivity contribution >= 4 is 0 Å². The Morgan fingerprint density at radius 1 is 1.31 bits per heavy atom. The zero-order chi connectivity index (χ0) is 12.0. The SMILES string of the molecule is CNC1CCCCC1N(CCOC)C(C)C. The van der Waals surface area contributed by atoms with E-state index in [0.717, 1.165) is 13.2 Å². The molecule has 0 bridgehead atoms. The van der Waals surface area contributed by atoms with Crippen LogP contribution in [-0.2, 0) is 4.74 Å². The molecule has 3 nitrogen and oxygen atoms in total. The van der Waals surface area contributed by atoms with Gasteiger partial charge in [-0.15, -0.1) is 0 Å². The van der Waals surface area contributed by atoms with E-state index in [-0.39, 0.29) is 0 Å². The van der Waals surface area contributed by atoms with E-state index in [2.05, 4.69) is 31.1 Å². The minimum Gasteiger partial charge on any atom is -0.383 e. The van der Waals surface area contributed by atoms with Crippen molar-refractivity contribution in [2.75, 3.05) is 27.3 Å². The molecule has 0 aromatic rings. The Morgan fingerprint density at radius 3 is 2.56 bits per heavy atom. The number of nitrogens with zero attached hydrogens (tertiary/aromatic N) is 1. The van der Waals surface area contributed by atoms with Gasteiger partial charge in [0.15, 0.2) is 0 Å². The molecule has 0 aromatic carbocycles. The van der Waals surface area contributed by atoms with E-state index in [0.29, 0.717) is 18.1 Å². The third kappa shape index (κ3) is 3.72. The summed E-state index contributed by atoms with van der Waals surface area (Å²) in [6.07, 6.45) is 5.39. The first-order valence-corrected chi connectivity index (χ1v) is 6.62. The Balaban J connectivity index is 2.58. The summed E-state index contributed by atoms with van der Waals surface area (Å²) in [5, 5.41) is 3.48. The molecule has 0 aromatic heterocycles. The predicted molar refractivity (Wildman–Crippen MR) is 68.8 cm³/mol. The molecule has 1 aliphatic rings. The Kier molecular flexibility index (Phi) is 6.32. The normalized spacial score (nSPS) is 26.6. The monoisotopic (exact) mass is 228 g/mol. The van der Waals surface area contributed by atoms with Gasteiger partial charge in [-0.3, -0.25) is 4.90 Å². The van der Waals surface area contributed by atoms with Gasteiger partial charge >= 0.3 is 0 Å². The van der Waals surface area contributed by atoms with E-state index in [9.17, 15) is 0 Å². The van der Waals surface area contributed by atoms with Crippen LogP contribution in [0.2, 0.25) is 0 Å². The van der Waals surface area contributed by atoms with Crippen molar-refractivity contribution in [1.82, 2.24) is 10.2 Å². The van der Waals surface area contributed by atoms with Crippen LogP contribution >= 0.6 is 0 Å². The van der Waals surface area contributed by atoms with Crippen LogP contribution in [0.4, 0.5) is 0 Å². The Bertz CT molecular complexity index is 185. The summed E-state index contributed by atoms with van der Waals surface area (Å²) in [6.45, 7) is 6.47. The molecule has 16 heavy (non-hydrogen) atoms. The van der Waals surface area contributed by atoms with Crippen LogP contribution in [0.25, 0.3) is 0 Å². The van der Waals surface area contributed by atoms with Gasteiger partial charge in [0.1, 0.15) is 0 Å². The van der Waals surface area contributed by atoms with Crippen LogP contribution in [0.1, 0.15) is 39.5 Å². The molecule has 2 unspecified atom stereocenters. The summed E-state index contributed by atoms with van der Waals surface area (Å²) in [5.41, 5.74) is 0. The number of rotatable bonds is 6. The average molecular weight is 228 g/mol. The molecule has 96 valence electrons. The van der Waals surface area contributed by atoms with E-state index in [1.807, 2.05) is 0 Å². The van der Waals surface area contributed by atoms with Crippen LogP contribution in [0.5, 0.6) is 0 Å². The summed E-state index contributed by atoms with van der Waals surface area (Å²) in [5.74, 6) is 0. The summed E-state index contributed by atoms with van der Waals surface area (Å²) < 4.78 is 5.22. The van der Waals surface area contributed by atoms with Crippen molar-refractivity contribution in [3.8, 4) is 0 Å². The molecule has 1 rings (SSSR count). The second kappa shape index (κ2) is 7.25. The molecular formula is C13H28N2O. The van der Waals surface area contributed by atoms with Crippen molar-refractivity contribution in [3.05, 3.63) is 0 Å². The van der Waals surface area contributed by atoms with Gasteiger partial charge in [-0.25, -0.2) is 0 Å². The number of hydrogen-bond acceptors (Lipinski definition) is 3. The molecule has 0 saturated heterocycles. The highest BCUT2D eigenvalue weighted by Crippen LogP contribution is 2.24. The smallest absolute Gasteiger partial charge is 0.0589 e. The van der Waals surface area contributed by atoms with E-state index < -0.39 is 0 Å². The van der Waals surface area contributed by atoms with Crippen LogP contribution in [0.3, 0.4) is 0 Å². The van der Waals surface area contributed by atoms with Crippen molar-refractivity contribution < 1.29 is 4.74 Å². The molecule has 2 atom stereocenters. The molecule has 3 heteroatoms. The molecule has 0 amide bonds. The van der Waals surface area contributed by atoms with E-state index >= 15 is 0 Å². The van der Waals surface area contributed by atoms with Crippen molar-refractivity contribution in [3.63, 3.8) is 0 Å². The molecule has 0 heterocycles. The van der Waals surface area contributed by atoms with Gasteiger partial charge in [0.05, 0.1) is 6.61 Å². The number of ether oxygens (including phenoxy) is 1. The number of likely N-dealkylation sites (N-methyl/N-ethyl adjacent to an activating group) is 1. The topological polar surface area (TPSA) is 24.5 Å². The molecular weight excluding hydrogens is 200 g/mol. The third-order valence-electron chi connectivity index (χ3n) is 3.74. The maximum atomic E-state index is 5.22. The minimum absolute atomic E-state index is 0.606. The van der Waals surface area contributed by atoms with E-state index in [1.54, 1.807) is 7.11 Å². The zero-order valence-corrected chi connectivity index (χ0v) is 11.3. The van der Waals surface area contributed by atoms with Gasteiger partial charge in [0, 0.05) is 31.8 Å². The summed E-state index contributed by atoms with van der Waals surface area (Å²) in [6, 6.07) is 1.95. The maximum absolute atomic E-state index is 5.22. The Morgan fingerprint density at radius 2 is 2.00 bits per heavy atom. The predicted octanol–water partition coefficient (Wildman–Crippen LogP) is 1.87. The van der Waals surface area contributed by atoms with Crippen LogP contribution < -0.4 is 5.32 Å². The Hall–Kier alpha value is -0.120. The molecule has 1 N–H and O–H groups in total. The molecule has 1 saturated carbocycles. The lowest BCUT2D eigenvalue weighted by Crippen LogP contribution is -2.54. The highest BCUT2D eigenvalue weighted by Gasteiger charge is 2.30. The zero-order valence-electron chi connectivity index (χ0n) is 11.3. The molecule has 0 radical (unpaired) electrons. The van der Waals surface area contributed by atoms with Gasteiger partial charge in [0.25, 0.3) is 0 Å². The first-order valence-electron chi connectivity index (χ1n) is 6.62. The fourth-order valence-electron chi connectivity index (χ4n) is 2.85.